The van der Waals surface area contributed by atoms with E-state index in [1.165, 1.54) is 0 Å². The molecule has 4 heteroatoms. The predicted molar refractivity (Wildman–Crippen MR) is 69.0 cm³/mol. The van der Waals surface area contributed by atoms with E-state index in [0.29, 0.717) is 6.61 Å². The molecule has 92 valence electrons. The molecule has 0 aliphatic carbocycles. The van der Waals surface area contributed by atoms with Gasteiger partial charge in [-0.25, -0.2) is 0 Å². The van der Waals surface area contributed by atoms with Gasteiger partial charge < -0.3 is 10.1 Å². The molecular formula is C14H14N2O2. The van der Waals surface area contributed by atoms with Crippen molar-refractivity contribution in [1.29, 1.82) is 0 Å². The lowest BCUT2D eigenvalue weighted by Gasteiger charge is -2.06. The molecule has 0 aliphatic rings. The quantitative estimate of drug-likeness (QED) is 0.874. The number of benzene rings is 1. The summed E-state index contributed by atoms with van der Waals surface area (Å²) in [5.74, 6) is -0.169. The summed E-state index contributed by atoms with van der Waals surface area (Å²) < 4.78 is 5.33. The van der Waals surface area contributed by atoms with Crippen LogP contribution in [0.15, 0.2) is 54.9 Å². The molecule has 0 unspecified atom stereocenters. The van der Waals surface area contributed by atoms with Gasteiger partial charge in [-0.2, -0.15) is 0 Å². The van der Waals surface area contributed by atoms with Crippen molar-refractivity contribution in [3.8, 4) is 0 Å². The van der Waals surface area contributed by atoms with Crippen molar-refractivity contribution in [1.82, 2.24) is 4.98 Å². The third-order valence-corrected chi connectivity index (χ3v) is 2.31. The minimum absolute atomic E-state index is 0.0389. The average Bonchev–Trinajstić information content (AvgIpc) is 2.41. The second kappa shape index (κ2) is 6.51. The molecule has 0 bridgehead atoms. The van der Waals surface area contributed by atoms with Gasteiger partial charge in [-0.1, -0.05) is 30.3 Å². The second-order valence-electron chi connectivity index (χ2n) is 3.76. The maximum absolute atomic E-state index is 11.5. The highest BCUT2D eigenvalue weighted by molar-refractivity contribution is 5.91. The van der Waals surface area contributed by atoms with E-state index in [-0.39, 0.29) is 12.5 Å². The SMILES string of the molecule is O=C(COCc1ccccc1)Nc1ccncc1. The van der Waals surface area contributed by atoms with Crippen LogP contribution in [0.1, 0.15) is 5.56 Å². The van der Waals surface area contributed by atoms with Gasteiger partial charge in [-0.15, -0.1) is 0 Å². The number of pyridine rings is 1. The Bertz CT molecular complexity index is 486. The van der Waals surface area contributed by atoms with E-state index in [2.05, 4.69) is 10.3 Å². The summed E-state index contributed by atoms with van der Waals surface area (Å²) in [5.41, 5.74) is 1.77. The molecular weight excluding hydrogens is 228 g/mol. The number of hydrogen-bond acceptors (Lipinski definition) is 3. The number of hydrogen-bond donors (Lipinski definition) is 1. The zero-order valence-electron chi connectivity index (χ0n) is 9.87. The van der Waals surface area contributed by atoms with Crippen LogP contribution in [-0.2, 0) is 16.1 Å². The van der Waals surface area contributed by atoms with Gasteiger partial charge >= 0.3 is 0 Å². The normalized spacial score (nSPS) is 10.0. The lowest BCUT2D eigenvalue weighted by atomic mass is 10.2. The topological polar surface area (TPSA) is 51.2 Å². The number of carbonyl (C=O) groups is 1. The van der Waals surface area contributed by atoms with Crippen LogP contribution >= 0.6 is 0 Å². The molecule has 0 fully saturated rings. The first kappa shape index (κ1) is 12.3. The van der Waals surface area contributed by atoms with E-state index >= 15 is 0 Å². The van der Waals surface area contributed by atoms with Crippen molar-refractivity contribution in [2.75, 3.05) is 11.9 Å². The first-order valence-electron chi connectivity index (χ1n) is 5.66. The summed E-state index contributed by atoms with van der Waals surface area (Å²) in [6, 6.07) is 13.2. The van der Waals surface area contributed by atoms with Crippen LogP contribution in [0.3, 0.4) is 0 Å². The summed E-state index contributed by atoms with van der Waals surface area (Å²) in [7, 11) is 0. The number of anilines is 1. The predicted octanol–water partition coefficient (Wildman–Crippen LogP) is 2.24. The Morgan fingerprint density at radius 1 is 1.11 bits per heavy atom. The van der Waals surface area contributed by atoms with Gasteiger partial charge in [0, 0.05) is 18.1 Å². The minimum Gasteiger partial charge on any atom is -0.367 e. The molecule has 1 aromatic heterocycles. The summed E-state index contributed by atoms with van der Waals surface area (Å²) in [6.45, 7) is 0.474. The molecule has 1 heterocycles. The first-order valence-corrected chi connectivity index (χ1v) is 5.66. The third-order valence-electron chi connectivity index (χ3n) is 2.31. The highest BCUT2D eigenvalue weighted by Gasteiger charge is 2.02. The number of nitrogens with zero attached hydrogens (tertiary/aromatic N) is 1. The van der Waals surface area contributed by atoms with Crippen LogP contribution in [0.5, 0.6) is 0 Å². The Morgan fingerprint density at radius 2 is 1.83 bits per heavy atom. The molecule has 2 aromatic rings. The van der Waals surface area contributed by atoms with E-state index in [9.17, 15) is 4.79 Å². The largest absolute Gasteiger partial charge is 0.367 e. The fourth-order valence-corrected chi connectivity index (χ4v) is 1.47. The molecule has 18 heavy (non-hydrogen) atoms. The molecule has 0 radical (unpaired) electrons. The second-order valence-corrected chi connectivity index (χ2v) is 3.76. The Labute approximate surface area is 106 Å². The van der Waals surface area contributed by atoms with E-state index in [0.717, 1.165) is 11.3 Å². The molecule has 0 saturated carbocycles. The van der Waals surface area contributed by atoms with Gasteiger partial charge in [0.15, 0.2) is 0 Å². The van der Waals surface area contributed by atoms with Crippen LogP contribution < -0.4 is 5.32 Å². The highest BCUT2D eigenvalue weighted by atomic mass is 16.5. The lowest BCUT2D eigenvalue weighted by molar-refractivity contribution is -0.121. The van der Waals surface area contributed by atoms with Gasteiger partial charge in [0.05, 0.1) is 6.61 Å². The average molecular weight is 242 g/mol. The van der Waals surface area contributed by atoms with Crippen LogP contribution in [0, 0.1) is 0 Å². The monoisotopic (exact) mass is 242 g/mol. The van der Waals surface area contributed by atoms with Gasteiger partial charge in [-0.05, 0) is 17.7 Å². The number of carbonyl (C=O) groups excluding carboxylic acids is 1. The van der Waals surface area contributed by atoms with Gasteiger partial charge in [0.2, 0.25) is 5.91 Å². The molecule has 1 amide bonds. The van der Waals surface area contributed by atoms with Gasteiger partial charge in [0.1, 0.15) is 6.61 Å². The maximum Gasteiger partial charge on any atom is 0.250 e. The first-order chi connectivity index (χ1) is 8.84. The van der Waals surface area contributed by atoms with Crippen molar-refractivity contribution in [2.24, 2.45) is 0 Å². The zero-order valence-corrected chi connectivity index (χ0v) is 9.87. The third kappa shape index (κ3) is 3.99. The molecule has 1 aromatic carbocycles. The maximum atomic E-state index is 11.5. The fraction of sp³-hybridized carbons (Fsp3) is 0.143. The number of nitrogens with one attached hydrogen (secondary N) is 1. The summed E-state index contributed by atoms with van der Waals surface area (Å²) in [5, 5.41) is 2.72. The standard InChI is InChI=1S/C14H14N2O2/c17-14(16-13-6-8-15-9-7-13)11-18-10-12-4-2-1-3-5-12/h1-9H,10-11H2,(H,15,16,17). The molecule has 1 N–H and O–H groups in total. The van der Waals surface area contributed by atoms with Gasteiger partial charge in [-0.3, -0.25) is 9.78 Å². The number of aromatic nitrogens is 1. The van der Waals surface area contributed by atoms with Crippen molar-refractivity contribution >= 4 is 11.6 Å². The lowest BCUT2D eigenvalue weighted by Crippen LogP contribution is -2.18. The van der Waals surface area contributed by atoms with E-state index in [1.807, 2.05) is 30.3 Å². The van der Waals surface area contributed by atoms with Crippen LogP contribution in [0.2, 0.25) is 0 Å². The summed E-state index contributed by atoms with van der Waals surface area (Å²) in [4.78, 5) is 15.4. The molecule has 0 aliphatic heterocycles. The highest BCUT2D eigenvalue weighted by Crippen LogP contribution is 2.04. The van der Waals surface area contributed by atoms with Crippen LogP contribution in [-0.4, -0.2) is 17.5 Å². The zero-order chi connectivity index (χ0) is 12.6. The van der Waals surface area contributed by atoms with E-state index < -0.39 is 0 Å². The Balaban J connectivity index is 1.73. The van der Waals surface area contributed by atoms with Crippen LogP contribution in [0.25, 0.3) is 0 Å². The molecule has 0 atom stereocenters. The van der Waals surface area contributed by atoms with Gasteiger partial charge in [0.25, 0.3) is 0 Å². The van der Waals surface area contributed by atoms with Crippen molar-refractivity contribution in [3.63, 3.8) is 0 Å². The Morgan fingerprint density at radius 3 is 2.56 bits per heavy atom. The molecule has 4 nitrogen and oxygen atoms in total. The van der Waals surface area contributed by atoms with Crippen molar-refractivity contribution in [3.05, 3.63) is 60.4 Å². The van der Waals surface area contributed by atoms with E-state index in [4.69, 9.17) is 4.74 Å². The fourth-order valence-electron chi connectivity index (χ4n) is 1.47. The molecule has 0 spiro atoms. The number of rotatable bonds is 5. The van der Waals surface area contributed by atoms with Crippen LogP contribution in [0.4, 0.5) is 5.69 Å². The number of ether oxygens (including phenoxy) is 1. The molecule has 2 rings (SSSR count). The minimum atomic E-state index is -0.169. The van der Waals surface area contributed by atoms with Crippen molar-refractivity contribution in [2.45, 2.75) is 6.61 Å². The number of amides is 1. The molecule has 0 saturated heterocycles. The summed E-state index contributed by atoms with van der Waals surface area (Å²) >= 11 is 0. The summed E-state index contributed by atoms with van der Waals surface area (Å²) in [6.07, 6.45) is 3.25. The van der Waals surface area contributed by atoms with Crippen molar-refractivity contribution < 1.29 is 9.53 Å². The Kier molecular flexibility index (Phi) is 4.44. The van der Waals surface area contributed by atoms with E-state index in [1.54, 1.807) is 24.5 Å². The smallest absolute Gasteiger partial charge is 0.250 e. The Hall–Kier alpha value is -2.20.